The largest absolute Gasteiger partial charge is 0.462 e. The van der Waals surface area contributed by atoms with E-state index in [1.165, 1.54) is 76.2 Å². The Morgan fingerprint density at radius 2 is 1.52 bits per heavy atom. The van der Waals surface area contributed by atoms with Crippen molar-refractivity contribution in [2.24, 2.45) is 22.7 Å². The summed E-state index contributed by atoms with van der Waals surface area (Å²) in [5.41, 5.74) is 3.29. The van der Waals surface area contributed by atoms with E-state index in [1.807, 2.05) is 64.1 Å². The molecule has 1 aliphatic rings. The number of aliphatic imine (C=N–C) groups is 1. The second-order valence-corrected chi connectivity index (χ2v) is 11.1. The number of nitrogens with zero attached hydrogens (tertiary/aromatic N) is 1. The number of benzene rings is 1. The fourth-order valence-corrected chi connectivity index (χ4v) is 4.96. The average Bonchev–Trinajstić information content (AvgIpc) is 3.49. The molecule has 1 aliphatic carbocycles. The van der Waals surface area contributed by atoms with Crippen LogP contribution >= 0.6 is 0 Å². The van der Waals surface area contributed by atoms with Gasteiger partial charge in [0, 0.05) is 13.3 Å². The Labute approximate surface area is 250 Å². The molecule has 0 N–H and O–H groups in total. The summed E-state index contributed by atoms with van der Waals surface area (Å²) in [6.07, 6.45) is 21.9. The Bertz CT molecular complexity index is 824. The third-order valence-corrected chi connectivity index (χ3v) is 7.41. The first-order chi connectivity index (χ1) is 19.3. The molecule has 0 spiro atoms. The maximum absolute atomic E-state index is 5.77. The highest BCUT2D eigenvalue weighted by Gasteiger charge is 2.15. The van der Waals surface area contributed by atoms with Gasteiger partial charge in [-0.05, 0) is 67.9 Å². The summed E-state index contributed by atoms with van der Waals surface area (Å²) in [6.45, 7) is 27.0. The zero-order valence-corrected chi connectivity index (χ0v) is 28.0. The van der Waals surface area contributed by atoms with Crippen LogP contribution in [0.2, 0.25) is 0 Å². The van der Waals surface area contributed by atoms with Crippen LogP contribution in [0.5, 0.6) is 5.75 Å². The van der Waals surface area contributed by atoms with Gasteiger partial charge in [0.05, 0.1) is 0 Å². The highest BCUT2D eigenvalue weighted by molar-refractivity contribution is 5.84. The fourth-order valence-electron chi connectivity index (χ4n) is 4.96. The van der Waals surface area contributed by atoms with Gasteiger partial charge in [-0.3, -0.25) is 4.99 Å². The van der Waals surface area contributed by atoms with Gasteiger partial charge in [-0.2, -0.15) is 0 Å². The molecular formula is C38H65NO. The van der Waals surface area contributed by atoms with Crippen LogP contribution in [0.3, 0.4) is 0 Å². The van der Waals surface area contributed by atoms with Crippen molar-refractivity contribution in [1.82, 2.24) is 0 Å². The Balaban J connectivity index is 0. The molecule has 1 fully saturated rings. The number of ether oxygens (including phenoxy) is 1. The molecule has 0 aliphatic heterocycles. The van der Waals surface area contributed by atoms with E-state index in [4.69, 9.17) is 4.74 Å². The molecule has 2 nitrogen and oxygen atoms in total. The van der Waals surface area contributed by atoms with Crippen LogP contribution in [0.4, 0.5) is 0 Å². The summed E-state index contributed by atoms with van der Waals surface area (Å²) < 4.78 is 5.77. The van der Waals surface area contributed by atoms with E-state index in [2.05, 4.69) is 52.4 Å². The van der Waals surface area contributed by atoms with E-state index in [9.17, 15) is 0 Å². The molecular weight excluding hydrogens is 486 g/mol. The van der Waals surface area contributed by atoms with Crippen molar-refractivity contribution < 1.29 is 4.74 Å². The second-order valence-electron chi connectivity index (χ2n) is 11.1. The predicted molar refractivity (Wildman–Crippen MR) is 184 cm³/mol. The zero-order chi connectivity index (χ0) is 30.8. The second kappa shape index (κ2) is 26.9. The van der Waals surface area contributed by atoms with Gasteiger partial charge < -0.3 is 4.74 Å². The lowest BCUT2D eigenvalue weighted by Gasteiger charge is -2.16. The summed E-state index contributed by atoms with van der Waals surface area (Å²) >= 11 is 0. The van der Waals surface area contributed by atoms with Crippen molar-refractivity contribution in [3.63, 3.8) is 0 Å². The maximum atomic E-state index is 5.77. The van der Waals surface area contributed by atoms with Crippen molar-refractivity contribution >= 4 is 6.21 Å². The molecule has 1 aromatic carbocycles. The monoisotopic (exact) mass is 552 g/mol. The number of rotatable bonds is 14. The highest BCUT2D eigenvalue weighted by Crippen LogP contribution is 2.30. The molecule has 0 heterocycles. The van der Waals surface area contributed by atoms with Crippen molar-refractivity contribution in [2.45, 2.75) is 126 Å². The van der Waals surface area contributed by atoms with Gasteiger partial charge in [0.2, 0.25) is 0 Å². The SMILES string of the molecule is C=C.C=C/C(C)=C(C=NC)\C=C(/C)Oc1ccc(C)cc1.CC.CCCC(C)CCC(C)CCCC1CCCC1. The van der Waals surface area contributed by atoms with E-state index in [-0.39, 0.29) is 0 Å². The molecule has 2 rings (SSSR count). The highest BCUT2D eigenvalue weighted by atomic mass is 16.5. The Hall–Kier alpha value is -2.35. The molecule has 0 radical (unpaired) electrons. The number of hydrogen-bond donors (Lipinski definition) is 0. The Morgan fingerprint density at radius 1 is 0.975 bits per heavy atom. The molecule has 0 aromatic heterocycles. The molecule has 1 saturated carbocycles. The third kappa shape index (κ3) is 20.5. The van der Waals surface area contributed by atoms with E-state index in [1.54, 1.807) is 13.3 Å². The minimum absolute atomic E-state index is 0.819. The van der Waals surface area contributed by atoms with Gasteiger partial charge in [-0.15, -0.1) is 13.2 Å². The van der Waals surface area contributed by atoms with Crippen LogP contribution < -0.4 is 4.74 Å². The molecule has 1 aromatic rings. The molecule has 2 atom stereocenters. The maximum Gasteiger partial charge on any atom is 0.126 e. The van der Waals surface area contributed by atoms with E-state index in [0.29, 0.717) is 0 Å². The molecule has 228 valence electrons. The average molecular weight is 552 g/mol. The minimum Gasteiger partial charge on any atom is -0.462 e. The first-order valence-electron chi connectivity index (χ1n) is 16.0. The van der Waals surface area contributed by atoms with Crippen molar-refractivity contribution in [1.29, 1.82) is 0 Å². The molecule has 0 bridgehead atoms. The van der Waals surface area contributed by atoms with E-state index in [0.717, 1.165) is 40.4 Å². The zero-order valence-electron chi connectivity index (χ0n) is 28.0. The molecule has 2 heteroatoms. The number of allylic oxidation sites excluding steroid dienone is 5. The first-order valence-corrected chi connectivity index (χ1v) is 16.0. The normalized spacial score (nSPS) is 15.4. The fraction of sp³-hybridized carbons (Fsp3) is 0.605. The predicted octanol–water partition coefficient (Wildman–Crippen LogP) is 12.5. The summed E-state index contributed by atoms with van der Waals surface area (Å²) in [4.78, 5) is 4.05. The molecule has 40 heavy (non-hydrogen) atoms. The van der Waals surface area contributed by atoms with Crippen LogP contribution in [-0.2, 0) is 0 Å². The lowest BCUT2D eigenvalue weighted by atomic mass is 9.90. The van der Waals surface area contributed by atoms with Gasteiger partial charge in [0.15, 0.2) is 0 Å². The first kappa shape index (κ1) is 39.8. The summed E-state index contributed by atoms with van der Waals surface area (Å²) in [6, 6.07) is 7.98. The van der Waals surface area contributed by atoms with Crippen molar-refractivity contribution in [3.8, 4) is 5.75 Å². The van der Waals surface area contributed by atoms with Crippen LogP contribution in [0.25, 0.3) is 0 Å². The topological polar surface area (TPSA) is 21.6 Å². The van der Waals surface area contributed by atoms with Crippen molar-refractivity contribution in [3.05, 3.63) is 78.6 Å². The van der Waals surface area contributed by atoms with Gasteiger partial charge in [0.25, 0.3) is 0 Å². The summed E-state index contributed by atoms with van der Waals surface area (Å²) in [7, 11) is 1.75. The molecule has 0 amide bonds. The summed E-state index contributed by atoms with van der Waals surface area (Å²) in [5, 5.41) is 0. The van der Waals surface area contributed by atoms with Crippen LogP contribution in [0.15, 0.2) is 78.1 Å². The van der Waals surface area contributed by atoms with E-state index >= 15 is 0 Å². The third-order valence-electron chi connectivity index (χ3n) is 7.41. The lowest BCUT2D eigenvalue weighted by Crippen LogP contribution is -2.02. The number of hydrogen-bond acceptors (Lipinski definition) is 2. The smallest absolute Gasteiger partial charge is 0.126 e. The van der Waals surface area contributed by atoms with Gasteiger partial charge >= 0.3 is 0 Å². The molecule has 0 saturated heterocycles. The van der Waals surface area contributed by atoms with Crippen LogP contribution in [0.1, 0.15) is 125 Å². The van der Waals surface area contributed by atoms with Crippen LogP contribution in [0, 0.1) is 24.7 Å². The van der Waals surface area contributed by atoms with Gasteiger partial charge in [-0.25, -0.2) is 0 Å². The summed E-state index contributed by atoms with van der Waals surface area (Å²) in [5.74, 6) is 4.68. The van der Waals surface area contributed by atoms with Crippen LogP contribution in [-0.4, -0.2) is 13.3 Å². The van der Waals surface area contributed by atoms with Gasteiger partial charge in [0.1, 0.15) is 11.5 Å². The van der Waals surface area contributed by atoms with E-state index < -0.39 is 0 Å². The van der Waals surface area contributed by atoms with Gasteiger partial charge in [-0.1, -0.05) is 136 Å². The Morgan fingerprint density at radius 3 is 2.02 bits per heavy atom. The Kier molecular flexibility index (Phi) is 26.7. The molecule has 2 unspecified atom stereocenters. The standard InChI is InChI=1S/C17H21NO.C17H34.C2H6.C2H4/c1-6-14(3)16(12-18-5)11-15(4)19-17-9-7-13(2)8-10-17;1-4-8-15(2)13-14-16(3)9-7-12-17-10-5-6-11-17;2*1-2/h6-12H,1H2,2-5H3;15-17H,4-14H2,1-3H3;1-2H3;1-2H2/b15-11+,16-14+,18-12?;;;. The number of aryl methyl sites for hydroxylation is 1. The quantitative estimate of drug-likeness (QED) is 0.0975. The lowest BCUT2D eigenvalue weighted by molar-refractivity contribution is 0.371. The minimum atomic E-state index is 0.819. The van der Waals surface area contributed by atoms with Crippen molar-refractivity contribution in [2.75, 3.05) is 7.05 Å².